The van der Waals surface area contributed by atoms with Crippen LogP contribution in [-0.2, 0) is 0 Å². The number of amides is 1. The van der Waals surface area contributed by atoms with Crippen molar-refractivity contribution in [2.45, 2.75) is 26.3 Å². The Bertz CT molecular complexity index is 1010. The molecule has 0 aliphatic rings. The van der Waals surface area contributed by atoms with Gasteiger partial charge in [-0.15, -0.1) is 0 Å². The molecule has 2 aromatic carbocycles. The highest BCUT2D eigenvalue weighted by Gasteiger charge is 2.26. The number of carbonyl (C=O) groups is 1. The summed E-state index contributed by atoms with van der Waals surface area (Å²) in [7, 11) is 1.85. The number of benzene rings is 2. The molecule has 0 unspecified atom stereocenters. The van der Waals surface area contributed by atoms with E-state index in [1.165, 1.54) is 0 Å². The molecule has 1 heterocycles. The summed E-state index contributed by atoms with van der Waals surface area (Å²) in [5.74, 6) is 2.93. The molecule has 0 saturated carbocycles. The molecule has 1 amide bonds. The van der Waals surface area contributed by atoms with Gasteiger partial charge in [-0.05, 0) is 38.8 Å². The molecule has 3 rings (SSSR count). The molecule has 0 spiro atoms. The summed E-state index contributed by atoms with van der Waals surface area (Å²) in [6, 6.07) is 22.2. The molecule has 28 heavy (non-hydrogen) atoms. The van der Waals surface area contributed by atoms with E-state index in [4.69, 9.17) is 4.52 Å². The lowest BCUT2D eigenvalue weighted by Crippen LogP contribution is -2.40. The minimum atomic E-state index is -0.395. The monoisotopic (exact) mass is 373 g/mol. The first-order chi connectivity index (χ1) is 13.3. The Balaban J connectivity index is 2.01. The van der Waals surface area contributed by atoms with Crippen molar-refractivity contribution < 1.29 is 9.32 Å². The highest BCUT2D eigenvalue weighted by molar-refractivity contribution is 6.02. The van der Waals surface area contributed by atoms with Crippen LogP contribution in [0.15, 0.2) is 65.2 Å². The normalized spacial score (nSPS) is 10.7. The standard InChI is InChI=1S/C23H23N3O2/c1-23(2,3)24-22(27)20-19(15-16-26(4)18-13-9-6-10-14-18)28-25-21(20)17-11-7-5-8-12-17/h5-14H,1-4H3,(H,24,27). The second-order valence-corrected chi connectivity index (χ2v) is 7.44. The zero-order valence-electron chi connectivity index (χ0n) is 16.5. The highest BCUT2D eigenvalue weighted by atomic mass is 16.5. The number of nitrogens with zero attached hydrogens (tertiary/aromatic N) is 2. The molecular weight excluding hydrogens is 350 g/mol. The Labute approximate surface area is 165 Å². The van der Waals surface area contributed by atoms with Gasteiger partial charge in [0.1, 0.15) is 11.3 Å². The van der Waals surface area contributed by atoms with Crippen molar-refractivity contribution in [2.24, 2.45) is 0 Å². The van der Waals surface area contributed by atoms with E-state index in [0.29, 0.717) is 11.3 Å². The van der Waals surface area contributed by atoms with Gasteiger partial charge in [0.05, 0.1) is 0 Å². The van der Waals surface area contributed by atoms with Crippen LogP contribution in [-0.4, -0.2) is 23.7 Å². The molecule has 142 valence electrons. The van der Waals surface area contributed by atoms with Gasteiger partial charge in [0, 0.05) is 29.9 Å². The van der Waals surface area contributed by atoms with Crippen LogP contribution >= 0.6 is 0 Å². The van der Waals surface area contributed by atoms with E-state index < -0.39 is 5.54 Å². The molecule has 0 aliphatic carbocycles. The highest BCUT2D eigenvalue weighted by Crippen LogP contribution is 2.25. The summed E-state index contributed by atoms with van der Waals surface area (Å²) in [5.41, 5.74) is 2.17. The molecule has 5 heteroatoms. The number of para-hydroxylation sites is 1. The van der Waals surface area contributed by atoms with E-state index in [1.807, 2.05) is 88.5 Å². The first kappa shape index (κ1) is 19.2. The van der Waals surface area contributed by atoms with Gasteiger partial charge in [0.25, 0.3) is 5.91 Å². The first-order valence-corrected chi connectivity index (χ1v) is 9.03. The third-order valence-corrected chi connectivity index (χ3v) is 3.94. The Morgan fingerprint density at radius 2 is 1.64 bits per heavy atom. The maximum atomic E-state index is 13.0. The molecule has 5 nitrogen and oxygen atoms in total. The average molecular weight is 373 g/mol. The zero-order valence-corrected chi connectivity index (χ0v) is 16.5. The molecule has 1 aromatic heterocycles. The largest absolute Gasteiger partial charge is 0.347 e. The van der Waals surface area contributed by atoms with Gasteiger partial charge < -0.3 is 14.7 Å². The Morgan fingerprint density at radius 1 is 1.04 bits per heavy atom. The number of nitrogens with one attached hydrogen (secondary N) is 1. The topological polar surface area (TPSA) is 58.4 Å². The van der Waals surface area contributed by atoms with Crippen LogP contribution in [0.25, 0.3) is 11.3 Å². The second-order valence-electron chi connectivity index (χ2n) is 7.44. The Kier molecular flexibility index (Phi) is 5.51. The van der Waals surface area contributed by atoms with Crippen molar-refractivity contribution in [1.82, 2.24) is 10.5 Å². The van der Waals surface area contributed by atoms with E-state index in [-0.39, 0.29) is 11.7 Å². The SMILES string of the molecule is CN(C#Cc1onc(-c2ccccc2)c1C(=O)NC(C)(C)C)c1ccccc1. The molecule has 3 aromatic rings. The van der Waals surface area contributed by atoms with Crippen LogP contribution < -0.4 is 10.2 Å². The molecule has 0 atom stereocenters. The van der Waals surface area contributed by atoms with Crippen LogP contribution in [0.4, 0.5) is 5.69 Å². The van der Waals surface area contributed by atoms with Crippen LogP contribution in [0.1, 0.15) is 36.9 Å². The molecular formula is C23H23N3O2. The summed E-state index contributed by atoms with van der Waals surface area (Å²) in [4.78, 5) is 14.7. The van der Waals surface area contributed by atoms with E-state index in [1.54, 1.807) is 4.90 Å². The number of rotatable bonds is 3. The third kappa shape index (κ3) is 4.60. The van der Waals surface area contributed by atoms with Crippen molar-refractivity contribution in [3.05, 3.63) is 72.0 Å². The maximum Gasteiger partial charge on any atom is 0.258 e. The number of anilines is 1. The quantitative estimate of drug-likeness (QED) is 0.549. The van der Waals surface area contributed by atoms with E-state index >= 15 is 0 Å². The zero-order chi connectivity index (χ0) is 20.1. The summed E-state index contributed by atoms with van der Waals surface area (Å²) >= 11 is 0. The van der Waals surface area contributed by atoms with Gasteiger partial charge in [0.2, 0.25) is 5.76 Å². The van der Waals surface area contributed by atoms with Crippen molar-refractivity contribution >= 4 is 11.6 Å². The predicted molar refractivity (Wildman–Crippen MR) is 111 cm³/mol. The van der Waals surface area contributed by atoms with Gasteiger partial charge in [-0.2, -0.15) is 0 Å². The predicted octanol–water partition coefficient (Wildman–Crippen LogP) is 4.32. The van der Waals surface area contributed by atoms with Gasteiger partial charge >= 0.3 is 0 Å². The third-order valence-electron chi connectivity index (χ3n) is 3.94. The van der Waals surface area contributed by atoms with Gasteiger partial charge in [0.15, 0.2) is 0 Å². The van der Waals surface area contributed by atoms with Crippen molar-refractivity contribution in [2.75, 3.05) is 11.9 Å². The van der Waals surface area contributed by atoms with E-state index in [9.17, 15) is 4.79 Å². The first-order valence-electron chi connectivity index (χ1n) is 9.03. The molecule has 0 radical (unpaired) electrons. The molecule has 0 saturated heterocycles. The molecule has 0 fully saturated rings. The number of carbonyl (C=O) groups excluding carboxylic acids is 1. The second kappa shape index (κ2) is 8.01. The fraction of sp³-hybridized carbons (Fsp3) is 0.217. The summed E-state index contributed by atoms with van der Waals surface area (Å²) in [5, 5.41) is 7.10. The van der Waals surface area contributed by atoms with Crippen LogP contribution in [0.3, 0.4) is 0 Å². The van der Waals surface area contributed by atoms with Crippen molar-refractivity contribution in [1.29, 1.82) is 0 Å². The Morgan fingerprint density at radius 3 is 2.25 bits per heavy atom. The van der Waals surface area contributed by atoms with Gasteiger partial charge in [-0.1, -0.05) is 53.7 Å². The summed E-state index contributed by atoms with van der Waals surface area (Å²) < 4.78 is 5.46. The van der Waals surface area contributed by atoms with Crippen LogP contribution in [0, 0.1) is 12.0 Å². The molecule has 0 aliphatic heterocycles. The van der Waals surface area contributed by atoms with E-state index in [2.05, 4.69) is 22.4 Å². The number of aromatic nitrogens is 1. The molecule has 1 N–H and O–H groups in total. The van der Waals surface area contributed by atoms with Crippen molar-refractivity contribution in [3.8, 4) is 23.2 Å². The fourth-order valence-electron chi connectivity index (χ4n) is 2.63. The van der Waals surface area contributed by atoms with Gasteiger partial charge in [-0.25, -0.2) is 0 Å². The van der Waals surface area contributed by atoms with E-state index in [0.717, 1.165) is 11.3 Å². The average Bonchev–Trinajstić information content (AvgIpc) is 3.10. The summed E-state index contributed by atoms with van der Waals surface area (Å²) in [6.45, 7) is 5.78. The lowest BCUT2D eigenvalue weighted by atomic mass is 10.0. The minimum Gasteiger partial charge on any atom is -0.347 e. The summed E-state index contributed by atoms with van der Waals surface area (Å²) in [6.07, 6.45) is 0. The van der Waals surface area contributed by atoms with Gasteiger partial charge in [-0.3, -0.25) is 4.79 Å². The Hall–Kier alpha value is -3.52. The lowest BCUT2D eigenvalue weighted by Gasteiger charge is -2.20. The van der Waals surface area contributed by atoms with Crippen molar-refractivity contribution in [3.63, 3.8) is 0 Å². The minimum absolute atomic E-state index is 0.239. The number of hydrogen-bond acceptors (Lipinski definition) is 4. The lowest BCUT2D eigenvalue weighted by molar-refractivity contribution is 0.0919. The van der Waals surface area contributed by atoms with Crippen LogP contribution in [0.5, 0.6) is 0 Å². The number of hydrogen-bond donors (Lipinski definition) is 1. The smallest absolute Gasteiger partial charge is 0.258 e. The van der Waals surface area contributed by atoms with Crippen LogP contribution in [0.2, 0.25) is 0 Å². The fourth-order valence-corrected chi connectivity index (χ4v) is 2.63. The maximum absolute atomic E-state index is 13.0. The molecule has 0 bridgehead atoms.